The van der Waals surface area contributed by atoms with Crippen molar-refractivity contribution < 1.29 is 4.79 Å². The number of aromatic nitrogens is 1. The molecule has 1 atom stereocenters. The fourth-order valence-electron chi connectivity index (χ4n) is 2.34. The Morgan fingerprint density at radius 1 is 1.45 bits per heavy atom. The van der Waals surface area contributed by atoms with Crippen LogP contribution in [-0.4, -0.2) is 30.5 Å². The van der Waals surface area contributed by atoms with Crippen LogP contribution >= 0.6 is 23.7 Å². The number of fused-ring (bicyclic) bond motifs is 1. The summed E-state index contributed by atoms with van der Waals surface area (Å²) in [5.74, 6) is 0.321. The van der Waals surface area contributed by atoms with Gasteiger partial charge in [0.15, 0.2) is 0 Å². The van der Waals surface area contributed by atoms with Gasteiger partial charge in [0.05, 0.1) is 21.1 Å². The first-order valence-corrected chi connectivity index (χ1v) is 7.47. The number of amides is 1. The SMILES string of the molecule is Cl.O=C(NCCc1nc2ccccc2s1)C1CCNC1. The molecule has 0 saturated carbocycles. The summed E-state index contributed by atoms with van der Waals surface area (Å²) in [6.07, 6.45) is 1.76. The Kier molecular flexibility index (Phi) is 5.34. The van der Waals surface area contributed by atoms with Crippen LogP contribution in [0.1, 0.15) is 11.4 Å². The van der Waals surface area contributed by atoms with Crippen molar-refractivity contribution in [2.75, 3.05) is 19.6 Å². The first-order valence-electron chi connectivity index (χ1n) is 6.66. The maximum atomic E-state index is 11.8. The highest BCUT2D eigenvalue weighted by Crippen LogP contribution is 2.21. The Hall–Kier alpha value is -1.17. The molecule has 4 nitrogen and oxygen atoms in total. The van der Waals surface area contributed by atoms with Gasteiger partial charge in [0.25, 0.3) is 0 Å². The maximum Gasteiger partial charge on any atom is 0.224 e. The van der Waals surface area contributed by atoms with Crippen LogP contribution in [0.3, 0.4) is 0 Å². The van der Waals surface area contributed by atoms with Gasteiger partial charge in [0, 0.05) is 19.5 Å². The molecule has 0 bridgehead atoms. The van der Waals surface area contributed by atoms with Gasteiger partial charge in [0.1, 0.15) is 0 Å². The standard InChI is InChI=1S/C14H17N3OS.ClH/c18-14(10-5-7-15-9-10)16-8-6-13-17-11-3-1-2-4-12(11)19-13;/h1-4,10,15H,5-9H2,(H,16,18);1H. The van der Waals surface area contributed by atoms with Crippen molar-refractivity contribution in [2.24, 2.45) is 5.92 Å². The van der Waals surface area contributed by atoms with Crippen molar-refractivity contribution in [3.8, 4) is 0 Å². The lowest BCUT2D eigenvalue weighted by Gasteiger charge is -2.08. The second-order valence-electron chi connectivity index (χ2n) is 4.81. The van der Waals surface area contributed by atoms with Crippen LogP contribution in [0.25, 0.3) is 10.2 Å². The molecule has 3 rings (SSSR count). The fourth-order valence-corrected chi connectivity index (χ4v) is 3.31. The zero-order chi connectivity index (χ0) is 13.1. The molecule has 6 heteroatoms. The third-order valence-corrected chi connectivity index (χ3v) is 4.50. The summed E-state index contributed by atoms with van der Waals surface area (Å²) in [5.41, 5.74) is 1.05. The minimum Gasteiger partial charge on any atom is -0.355 e. The summed E-state index contributed by atoms with van der Waals surface area (Å²) in [4.78, 5) is 16.4. The number of carbonyl (C=O) groups is 1. The van der Waals surface area contributed by atoms with E-state index in [0.717, 1.165) is 36.5 Å². The number of nitrogens with zero attached hydrogens (tertiary/aromatic N) is 1. The van der Waals surface area contributed by atoms with Crippen molar-refractivity contribution in [3.05, 3.63) is 29.3 Å². The van der Waals surface area contributed by atoms with Crippen molar-refractivity contribution in [1.29, 1.82) is 0 Å². The summed E-state index contributed by atoms with van der Waals surface area (Å²) in [6, 6.07) is 8.14. The van der Waals surface area contributed by atoms with Gasteiger partial charge < -0.3 is 10.6 Å². The van der Waals surface area contributed by atoms with Gasteiger partial charge in [-0.2, -0.15) is 0 Å². The molecule has 1 aromatic carbocycles. The summed E-state index contributed by atoms with van der Waals surface area (Å²) >= 11 is 1.71. The summed E-state index contributed by atoms with van der Waals surface area (Å²) in [6.45, 7) is 2.44. The lowest BCUT2D eigenvalue weighted by molar-refractivity contribution is -0.124. The molecule has 2 heterocycles. The molecule has 0 aliphatic carbocycles. The molecule has 1 aliphatic heterocycles. The van der Waals surface area contributed by atoms with Crippen LogP contribution in [0.15, 0.2) is 24.3 Å². The highest BCUT2D eigenvalue weighted by molar-refractivity contribution is 7.18. The van der Waals surface area contributed by atoms with E-state index >= 15 is 0 Å². The Morgan fingerprint density at radius 3 is 3.05 bits per heavy atom. The molecule has 1 fully saturated rings. The van der Waals surface area contributed by atoms with Gasteiger partial charge in [0.2, 0.25) is 5.91 Å². The minimum absolute atomic E-state index is 0. The first-order chi connectivity index (χ1) is 9.33. The van der Waals surface area contributed by atoms with Gasteiger partial charge >= 0.3 is 0 Å². The molecule has 20 heavy (non-hydrogen) atoms. The Morgan fingerprint density at radius 2 is 2.30 bits per heavy atom. The van der Waals surface area contributed by atoms with E-state index in [1.54, 1.807) is 11.3 Å². The van der Waals surface area contributed by atoms with E-state index in [1.807, 2.05) is 18.2 Å². The van der Waals surface area contributed by atoms with Crippen LogP contribution in [0, 0.1) is 5.92 Å². The number of nitrogens with one attached hydrogen (secondary N) is 2. The van der Waals surface area contributed by atoms with Crippen LogP contribution in [0.5, 0.6) is 0 Å². The normalized spacial score (nSPS) is 17.9. The quantitative estimate of drug-likeness (QED) is 0.908. The highest BCUT2D eigenvalue weighted by atomic mass is 35.5. The van der Waals surface area contributed by atoms with Gasteiger partial charge in [-0.3, -0.25) is 4.79 Å². The van der Waals surface area contributed by atoms with Crippen molar-refractivity contribution in [2.45, 2.75) is 12.8 Å². The van der Waals surface area contributed by atoms with Gasteiger partial charge in [-0.05, 0) is 25.1 Å². The number of hydrogen-bond donors (Lipinski definition) is 2. The summed E-state index contributed by atoms with van der Waals surface area (Å²) in [5, 5.41) is 7.30. The molecule has 1 amide bonds. The lowest BCUT2D eigenvalue weighted by atomic mass is 10.1. The lowest BCUT2D eigenvalue weighted by Crippen LogP contribution is -2.33. The molecule has 0 spiro atoms. The monoisotopic (exact) mass is 311 g/mol. The van der Waals surface area contributed by atoms with Gasteiger partial charge in [-0.1, -0.05) is 12.1 Å². The molecular weight excluding hydrogens is 294 g/mol. The van der Waals surface area contributed by atoms with Crippen molar-refractivity contribution in [3.63, 3.8) is 0 Å². The number of hydrogen-bond acceptors (Lipinski definition) is 4. The number of rotatable bonds is 4. The molecule has 108 valence electrons. The summed E-state index contributed by atoms with van der Waals surface area (Å²) < 4.78 is 1.21. The van der Waals surface area contributed by atoms with Crippen LogP contribution < -0.4 is 10.6 Å². The Balaban J connectivity index is 0.00000147. The van der Waals surface area contributed by atoms with Gasteiger partial charge in [-0.15, -0.1) is 23.7 Å². The first kappa shape index (κ1) is 15.2. The number of benzene rings is 1. The molecule has 2 aromatic rings. The smallest absolute Gasteiger partial charge is 0.224 e. The molecule has 1 saturated heterocycles. The largest absolute Gasteiger partial charge is 0.355 e. The number of para-hydroxylation sites is 1. The number of thiazole rings is 1. The minimum atomic E-state index is 0. The number of halogens is 1. The van der Waals surface area contributed by atoms with Crippen LogP contribution in [0.4, 0.5) is 0 Å². The maximum absolute atomic E-state index is 11.8. The van der Waals surface area contributed by atoms with E-state index in [0.29, 0.717) is 6.54 Å². The second-order valence-corrected chi connectivity index (χ2v) is 5.92. The molecule has 0 radical (unpaired) electrons. The van der Waals surface area contributed by atoms with Crippen molar-refractivity contribution >= 4 is 39.9 Å². The Bertz CT molecular complexity index is 548. The van der Waals surface area contributed by atoms with Gasteiger partial charge in [-0.25, -0.2) is 4.98 Å². The molecule has 2 N–H and O–H groups in total. The van der Waals surface area contributed by atoms with E-state index in [1.165, 1.54) is 4.70 Å². The molecule has 1 unspecified atom stereocenters. The van der Waals surface area contributed by atoms with E-state index in [9.17, 15) is 4.79 Å². The van der Waals surface area contributed by atoms with E-state index in [2.05, 4.69) is 21.7 Å². The van der Waals surface area contributed by atoms with Crippen LogP contribution in [-0.2, 0) is 11.2 Å². The number of carbonyl (C=O) groups excluding carboxylic acids is 1. The summed E-state index contributed by atoms with van der Waals surface area (Å²) in [7, 11) is 0. The average molecular weight is 312 g/mol. The average Bonchev–Trinajstić information content (AvgIpc) is 3.07. The molecule has 1 aliphatic rings. The predicted molar refractivity (Wildman–Crippen MR) is 84.6 cm³/mol. The van der Waals surface area contributed by atoms with E-state index in [-0.39, 0.29) is 24.2 Å². The van der Waals surface area contributed by atoms with E-state index in [4.69, 9.17) is 0 Å². The third kappa shape index (κ3) is 3.48. The molecular formula is C14H18ClN3OS. The Labute approximate surface area is 128 Å². The van der Waals surface area contributed by atoms with Crippen molar-refractivity contribution in [1.82, 2.24) is 15.6 Å². The highest BCUT2D eigenvalue weighted by Gasteiger charge is 2.21. The molecule has 1 aromatic heterocycles. The zero-order valence-corrected chi connectivity index (χ0v) is 12.7. The van der Waals surface area contributed by atoms with Crippen LogP contribution in [0.2, 0.25) is 0 Å². The topological polar surface area (TPSA) is 54.0 Å². The second kappa shape index (κ2) is 7.02. The zero-order valence-electron chi connectivity index (χ0n) is 11.1. The predicted octanol–water partition coefficient (Wildman–Crippen LogP) is 1.99. The third-order valence-electron chi connectivity index (χ3n) is 3.41. The fraction of sp³-hybridized carbons (Fsp3) is 0.429. The van der Waals surface area contributed by atoms with E-state index < -0.39 is 0 Å².